The molecule has 152 valence electrons. The molecule has 0 spiro atoms. The Hall–Kier alpha value is -2.26. The maximum Gasteiger partial charge on any atom is 0.411 e. The lowest BCUT2D eigenvalue weighted by molar-refractivity contribution is -0.294. The van der Waals surface area contributed by atoms with Crippen LogP contribution in [0.2, 0.25) is 0 Å². The Bertz CT molecular complexity index is 677. The highest BCUT2D eigenvalue weighted by molar-refractivity contribution is 5.88. The van der Waals surface area contributed by atoms with Crippen LogP contribution in [-0.4, -0.2) is 41.8 Å². The fraction of sp³-hybridized carbons (Fsp3) is 0.529. The van der Waals surface area contributed by atoms with Gasteiger partial charge in [-0.25, -0.2) is 4.79 Å². The van der Waals surface area contributed by atoms with Crippen molar-refractivity contribution in [1.29, 1.82) is 0 Å². The maximum absolute atomic E-state index is 13.9. The van der Waals surface area contributed by atoms with Crippen molar-refractivity contribution in [2.45, 2.75) is 50.5 Å². The van der Waals surface area contributed by atoms with E-state index in [-0.39, 0.29) is 6.42 Å². The van der Waals surface area contributed by atoms with E-state index in [1.807, 2.05) is 0 Å². The summed E-state index contributed by atoms with van der Waals surface area (Å²) in [6.45, 7) is 2.82. The Morgan fingerprint density at radius 1 is 0.963 bits per heavy atom. The van der Waals surface area contributed by atoms with Crippen molar-refractivity contribution in [1.82, 2.24) is 5.32 Å². The molecular weight excluding hydrogens is 380 g/mol. The van der Waals surface area contributed by atoms with Crippen molar-refractivity contribution < 1.29 is 40.7 Å². The minimum Gasteiger partial charge on any atom is -0.461 e. The molecule has 0 atom stereocenters. The number of rotatable bonds is 8. The van der Waals surface area contributed by atoms with Gasteiger partial charge < -0.3 is 10.1 Å². The van der Waals surface area contributed by atoms with E-state index < -0.39 is 41.8 Å². The number of hydrogen-bond donors (Lipinski definition) is 1. The third-order valence-electron chi connectivity index (χ3n) is 3.55. The molecule has 0 unspecified atom stereocenters. The number of benzene rings is 1. The molecule has 1 N–H and O–H groups in total. The SMILES string of the molecule is CCOC(=O)C(F)(F)C(F)(F)C(F)(F)C(=O)NC(C)(C)Cc1ccccc1. The summed E-state index contributed by atoms with van der Waals surface area (Å²) < 4.78 is 86.1. The number of ether oxygens (including phenoxy) is 1. The van der Waals surface area contributed by atoms with Crippen LogP contribution in [0.4, 0.5) is 26.3 Å². The fourth-order valence-corrected chi connectivity index (χ4v) is 2.23. The van der Waals surface area contributed by atoms with E-state index in [9.17, 15) is 35.9 Å². The van der Waals surface area contributed by atoms with Crippen molar-refractivity contribution in [3.05, 3.63) is 35.9 Å². The molecule has 0 aliphatic heterocycles. The molecular formula is C17H19F6NO3. The van der Waals surface area contributed by atoms with E-state index in [4.69, 9.17) is 0 Å². The monoisotopic (exact) mass is 399 g/mol. The second kappa shape index (κ2) is 7.77. The number of amides is 1. The zero-order valence-corrected chi connectivity index (χ0v) is 14.8. The molecule has 0 fully saturated rings. The molecule has 0 aliphatic carbocycles. The van der Waals surface area contributed by atoms with E-state index in [1.54, 1.807) is 35.6 Å². The average Bonchev–Trinajstić information content (AvgIpc) is 2.54. The number of carbonyl (C=O) groups excluding carboxylic acids is 2. The zero-order valence-electron chi connectivity index (χ0n) is 14.8. The number of nitrogens with one attached hydrogen (secondary N) is 1. The Balaban J connectivity index is 3.03. The van der Waals surface area contributed by atoms with Crippen LogP contribution in [0.5, 0.6) is 0 Å². The van der Waals surface area contributed by atoms with Crippen molar-refractivity contribution in [3.8, 4) is 0 Å². The predicted octanol–water partition coefficient (Wildman–Crippen LogP) is 3.59. The molecule has 0 heterocycles. The standard InChI is InChI=1S/C17H19F6NO3/c1-4-27-13(26)16(20,21)17(22,23)15(18,19)12(25)24-14(2,3)10-11-8-6-5-7-9-11/h5-9H,4,10H2,1-3H3,(H,24,25). The molecule has 27 heavy (non-hydrogen) atoms. The van der Waals surface area contributed by atoms with E-state index in [1.165, 1.54) is 13.8 Å². The van der Waals surface area contributed by atoms with Gasteiger partial charge in [-0.1, -0.05) is 30.3 Å². The minimum atomic E-state index is -6.29. The van der Waals surface area contributed by atoms with E-state index in [0.717, 1.165) is 6.92 Å². The van der Waals surface area contributed by atoms with Crippen LogP contribution in [0.3, 0.4) is 0 Å². The summed E-state index contributed by atoms with van der Waals surface area (Å²) in [4.78, 5) is 22.7. The Morgan fingerprint density at radius 2 is 1.48 bits per heavy atom. The van der Waals surface area contributed by atoms with Gasteiger partial charge in [0, 0.05) is 5.54 Å². The smallest absolute Gasteiger partial charge is 0.411 e. The second-order valence-corrected chi connectivity index (χ2v) is 6.44. The topological polar surface area (TPSA) is 55.4 Å². The van der Waals surface area contributed by atoms with Crippen LogP contribution >= 0.6 is 0 Å². The third-order valence-corrected chi connectivity index (χ3v) is 3.55. The van der Waals surface area contributed by atoms with Gasteiger partial charge in [-0.3, -0.25) is 4.79 Å². The molecule has 0 radical (unpaired) electrons. The molecule has 0 saturated heterocycles. The van der Waals surface area contributed by atoms with Crippen molar-refractivity contribution >= 4 is 11.9 Å². The van der Waals surface area contributed by atoms with Gasteiger partial charge in [0.15, 0.2) is 0 Å². The summed E-state index contributed by atoms with van der Waals surface area (Å²) in [5, 5.41) is 1.64. The van der Waals surface area contributed by atoms with E-state index in [0.29, 0.717) is 5.56 Å². The molecule has 0 bridgehead atoms. The van der Waals surface area contributed by atoms with Gasteiger partial charge in [0.2, 0.25) is 0 Å². The summed E-state index contributed by atoms with van der Waals surface area (Å²) in [7, 11) is 0. The van der Waals surface area contributed by atoms with Crippen molar-refractivity contribution in [3.63, 3.8) is 0 Å². The van der Waals surface area contributed by atoms with Crippen LogP contribution in [-0.2, 0) is 20.7 Å². The highest BCUT2D eigenvalue weighted by Gasteiger charge is 2.78. The van der Waals surface area contributed by atoms with Crippen LogP contribution in [0.15, 0.2) is 30.3 Å². The highest BCUT2D eigenvalue weighted by Crippen LogP contribution is 2.46. The number of alkyl halides is 6. The highest BCUT2D eigenvalue weighted by atomic mass is 19.3. The molecule has 1 amide bonds. The molecule has 1 aromatic rings. The summed E-state index contributed by atoms with van der Waals surface area (Å²) >= 11 is 0. The van der Waals surface area contributed by atoms with E-state index in [2.05, 4.69) is 4.74 Å². The quantitative estimate of drug-likeness (QED) is 0.537. The molecule has 4 nitrogen and oxygen atoms in total. The lowest BCUT2D eigenvalue weighted by Gasteiger charge is -2.33. The van der Waals surface area contributed by atoms with Crippen LogP contribution < -0.4 is 5.32 Å². The zero-order chi connectivity index (χ0) is 21.1. The van der Waals surface area contributed by atoms with Gasteiger partial charge in [-0.15, -0.1) is 0 Å². The van der Waals surface area contributed by atoms with Gasteiger partial charge in [-0.2, -0.15) is 26.3 Å². The summed E-state index contributed by atoms with van der Waals surface area (Å²) in [5.41, 5.74) is -0.869. The largest absolute Gasteiger partial charge is 0.461 e. The first-order valence-corrected chi connectivity index (χ1v) is 7.86. The van der Waals surface area contributed by atoms with Gasteiger partial charge >= 0.3 is 23.7 Å². The first-order valence-electron chi connectivity index (χ1n) is 7.86. The molecule has 10 heteroatoms. The number of halogens is 6. The van der Waals surface area contributed by atoms with Gasteiger partial charge in [0.05, 0.1) is 6.61 Å². The van der Waals surface area contributed by atoms with Crippen LogP contribution in [0.1, 0.15) is 26.3 Å². The minimum absolute atomic E-state index is 0.0322. The lowest BCUT2D eigenvalue weighted by Crippen LogP contribution is -2.65. The predicted molar refractivity (Wildman–Crippen MR) is 83.8 cm³/mol. The van der Waals surface area contributed by atoms with Crippen molar-refractivity contribution in [2.75, 3.05) is 6.61 Å². The molecule has 1 rings (SSSR count). The summed E-state index contributed by atoms with van der Waals surface area (Å²) in [6.07, 6.45) is -0.0322. The second-order valence-electron chi connectivity index (χ2n) is 6.44. The van der Waals surface area contributed by atoms with Crippen LogP contribution in [0, 0.1) is 0 Å². The first-order chi connectivity index (χ1) is 12.2. The maximum atomic E-state index is 13.9. The van der Waals surface area contributed by atoms with Gasteiger partial charge in [-0.05, 0) is 32.8 Å². The summed E-state index contributed by atoms with van der Waals surface area (Å²) in [6, 6.07) is 8.16. The Kier molecular flexibility index (Phi) is 6.56. The third kappa shape index (κ3) is 4.72. The van der Waals surface area contributed by atoms with E-state index >= 15 is 0 Å². The van der Waals surface area contributed by atoms with Gasteiger partial charge in [0.25, 0.3) is 5.91 Å². The number of hydrogen-bond acceptors (Lipinski definition) is 3. The summed E-state index contributed by atoms with van der Waals surface area (Å²) in [5.74, 6) is -23.5. The fourth-order valence-electron chi connectivity index (χ4n) is 2.23. The van der Waals surface area contributed by atoms with Gasteiger partial charge in [0.1, 0.15) is 0 Å². The normalized spacial score (nSPS) is 13.2. The lowest BCUT2D eigenvalue weighted by atomic mass is 9.93. The van der Waals surface area contributed by atoms with Crippen LogP contribution in [0.25, 0.3) is 0 Å². The Labute approximate surface area is 151 Å². The molecule has 0 aliphatic rings. The number of esters is 1. The molecule has 0 aromatic heterocycles. The Morgan fingerprint density at radius 3 is 1.96 bits per heavy atom. The molecule has 1 aromatic carbocycles. The number of carbonyl (C=O) groups is 2. The van der Waals surface area contributed by atoms with Crippen molar-refractivity contribution in [2.24, 2.45) is 0 Å². The average molecular weight is 399 g/mol. The molecule has 0 saturated carbocycles. The first kappa shape index (κ1) is 22.8.